The van der Waals surface area contributed by atoms with Crippen LogP contribution in [0.5, 0.6) is 0 Å². The third-order valence-corrected chi connectivity index (χ3v) is 7.13. The van der Waals surface area contributed by atoms with Gasteiger partial charge in [0, 0.05) is 11.3 Å². The highest BCUT2D eigenvalue weighted by Gasteiger charge is 2.59. The first-order valence-electron chi connectivity index (χ1n) is 14.2. The number of urea groups is 1. The molecule has 222 valence electrons. The van der Waals surface area contributed by atoms with Crippen LogP contribution in [0.3, 0.4) is 0 Å². The number of benzene rings is 3. The Morgan fingerprint density at radius 3 is 1.95 bits per heavy atom. The van der Waals surface area contributed by atoms with E-state index in [-0.39, 0.29) is 18.8 Å². The van der Waals surface area contributed by atoms with Gasteiger partial charge in [-0.2, -0.15) is 0 Å². The lowest BCUT2D eigenvalue weighted by Gasteiger charge is -2.36. The molecule has 0 radical (unpaired) electrons. The summed E-state index contributed by atoms with van der Waals surface area (Å²) in [6.45, 7) is 11.5. The summed E-state index contributed by atoms with van der Waals surface area (Å²) in [5, 5.41) is 5.73. The second kappa shape index (κ2) is 12.8. The minimum Gasteiger partial charge on any atom is -0.369 e. The predicted molar refractivity (Wildman–Crippen MR) is 163 cm³/mol. The maximum Gasteiger partial charge on any atom is 0.320 e. The summed E-state index contributed by atoms with van der Waals surface area (Å²) in [6.07, 6.45) is -1.10. The fourth-order valence-corrected chi connectivity index (χ4v) is 5.37. The van der Waals surface area contributed by atoms with Crippen LogP contribution in [0.15, 0.2) is 72.8 Å². The minimum absolute atomic E-state index is 0.0363. The van der Waals surface area contributed by atoms with Crippen LogP contribution in [-0.4, -0.2) is 42.9 Å². The van der Waals surface area contributed by atoms with Gasteiger partial charge in [-0.05, 0) is 65.3 Å². The smallest absolute Gasteiger partial charge is 0.320 e. The van der Waals surface area contributed by atoms with Crippen LogP contribution >= 0.6 is 0 Å². The zero-order valence-electron chi connectivity index (χ0n) is 25.0. The summed E-state index contributed by atoms with van der Waals surface area (Å²) in [4.78, 5) is 43.3. The lowest BCUT2D eigenvalue weighted by molar-refractivity contribution is -0.176. The zero-order valence-corrected chi connectivity index (χ0v) is 25.0. The van der Waals surface area contributed by atoms with Gasteiger partial charge in [-0.3, -0.25) is 9.59 Å². The second-order valence-electron chi connectivity index (χ2n) is 11.2. The van der Waals surface area contributed by atoms with Gasteiger partial charge in [-0.1, -0.05) is 65.7 Å². The van der Waals surface area contributed by atoms with Gasteiger partial charge in [-0.25, -0.2) is 4.79 Å². The molecule has 4 amide bonds. The van der Waals surface area contributed by atoms with Gasteiger partial charge < -0.3 is 30.7 Å². The second-order valence-corrected chi connectivity index (χ2v) is 11.2. The van der Waals surface area contributed by atoms with E-state index in [2.05, 4.69) is 10.6 Å². The number of rotatable bonds is 11. The number of fused-ring (bicyclic) bond motifs is 1. The number of anilines is 2. The van der Waals surface area contributed by atoms with Gasteiger partial charge in [0.15, 0.2) is 11.8 Å². The van der Waals surface area contributed by atoms with E-state index in [9.17, 15) is 14.4 Å². The zero-order chi connectivity index (χ0) is 30.6. The molecule has 0 aromatic heterocycles. The molecule has 2 atom stereocenters. The maximum atomic E-state index is 14.8. The summed E-state index contributed by atoms with van der Waals surface area (Å²) in [5.74, 6) is -2.50. The molecule has 9 nitrogen and oxygen atoms in total. The lowest BCUT2D eigenvalue weighted by Crippen LogP contribution is -2.60. The monoisotopic (exact) mass is 572 g/mol. The van der Waals surface area contributed by atoms with Crippen LogP contribution in [0.4, 0.5) is 16.2 Å². The number of nitrogens with two attached hydrogens (primary N) is 1. The number of carbonyl (C=O) groups is 3. The Hall–Kier alpha value is -4.21. The first-order valence-corrected chi connectivity index (χ1v) is 14.2. The van der Waals surface area contributed by atoms with E-state index < -0.39 is 35.6 Å². The van der Waals surface area contributed by atoms with Crippen LogP contribution in [0.25, 0.3) is 0 Å². The van der Waals surface area contributed by atoms with E-state index in [0.717, 1.165) is 11.1 Å². The highest BCUT2D eigenvalue weighted by molar-refractivity contribution is 6.13. The van der Waals surface area contributed by atoms with Gasteiger partial charge in [0.05, 0.1) is 30.4 Å². The Morgan fingerprint density at radius 2 is 1.40 bits per heavy atom. The lowest BCUT2D eigenvalue weighted by atomic mass is 9.74. The Bertz CT molecular complexity index is 1410. The molecule has 3 aromatic rings. The first kappa shape index (κ1) is 30.7. The summed E-state index contributed by atoms with van der Waals surface area (Å²) < 4.78 is 12.0. The van der Waals surface area contributed by atoms with Crippen LogP contribution in [0.1, 0.15) is 55.9 Å². The van der Waals surface area contributed by atoms with Crippen LogP contribution < -0.4 is 21.3 Å². The van der Waals surface area contributed by atoms with Gasteiger partial charge in [0.1, 0.15) is 0 Å². The van der Waals surface area contributed by atoms with E-state index in [0.29, 0.717) is 22.5 Å². The third kappa shape index (κ3) is 6.48. The van der Waals surface area contributed by atoms with E-state index >= 15 is 0 Å². The Labute approximate surface area is 247 Å². The van der Waals surface area contributed by atoms with Crippen LogP contribution in [0.2, 0.25) is 0 Å². The van der Waals surface area contributed by atoms with Gasteiger partial charge in [0.2, 0.25) is 5.91 Å². The Morgan fingerprint density at radius 1 is 0.857 bits per heavy atom. The topological polar surface area (TPSA) is 123 Å². The average Bonchev–Trinajstić information content (AvgIpc) is 3.13. The normalized spacial score (nSPS) is 17.1. The number of carbonyl (C=O) groups excluding carboxylic acids is 3. The average molecular weight is 573 g/mol. The standard InChI is InChI=1S/C33H40N4O5/c1-20(2)41-28(42-21(3)4)19-37-27-10-8-7-9-26(27)33(31(37)39,29(30(34)38)24-15-11-22(5)12-16-24)36-32(40)35-25-17-13-23(6)14-18-25/h7-18,20-21,28-29H,19H2,1-6H3,(H2,34,38)(H2,35,36,40)/t29?,33-/m0/s1. The molecule has 0 bridgehead atoms. The van der Waals surface area contributed by atoms with E-state index in [1.54, 1.807) is 48.5 Å². The molecule has 0 fully saturated rings. The number of ether oxygens (including phenoxy) is 2. The fraction of sp³-hybridized carbons (Fsp3) is 0.364. The van der Waals surface area contributed by atoms with Crippen molar-refractivity contribution in [3.05, 3.63) is 95.1 Å². The predicted octanol–water partition coefficient (Wildman–Crippen LogP) is 5.11. The summed E-state index contributed by atoms with van der Waals surface area (Å²) in [7, 11) is 0. The maximum absolute atomic E-state index is 14.8. The van der Waals surface area contributed by atoms with Crippen molar-refractivity contribution in [3.8, 4) is 0 Å². The number of amides is 4. The largest absolute Gasteiger partial charge is 0.369 e. The van der Waals surface area contributed by atoms with Crippen molar-refractivity contribution in [2.75, 3.05) is 16.8 Å². The molecule has 0 saturated heterocycles. The molecule has 0 spiro atoms. The number of hydrogen-bond acceptors (Lipinski definition) is 5. The summed E-state index contributed by atoms with van der Waals surface area (Å²) in [5.41, 5.74) is 8.25. The highest BCUT2D eigenvalue weighted by Crippen LogP contribution is 2.48. The Kier molecular flexibility index (Phi) is 9.33. The summed E-state index contributed by atoms with van der Waals surface area (Å²) >= 11 is 0. The molecule has 1 unspecified atom stereocenters. The van der Waals surface area contributed by atoms with Gasteiger partial charge >= 0.3 is 6.03 Å². The van der Waals surface area contributed by atoms with Crippen molar-refractivity contribution in [3.63, 3.8) is 0 Å². The Balaban J connectivity index is 1.86. The molecular weight excluding hydrogens is 532 g/mol. The molecular formula is C33H40N4O5. The molecule has 9 heteroatoms. The molecule has 1 heterocycles. The number of nitrogens with zero attached hydrogens (tertiary/aromatic N) is 1. The van der Waals surface area contributed by atoms with Gasteiger partial charge in [0.25, 0.3) is 5.91 Å². The first-order chi connectivity index (χ1) is 19.9. The van der Waals surface area contributed by atoms with Crippen molar-refractivity contribution < 1.29 is 23.9 Å². The van der Waals surface area contributed by atoms with Crippen molar-refractivity contribution in [1.29, 1.82) is 0 Å². The van der Waals surface area contributed by atoms with Crippen molar-refractivity contribution >= 4 is 29.2 Å². The van der Waals surface area contributed by atoms with Crippen molar-refractivity contribution in [2.45, 2.75) is 71.5 Å². The number of primary amides is 1. The van der Waals surface area contributed by atoms with E-state index in [1.165, 1.54) is 4.90 Å². The summed E-state index contributed by atoms with van der Waals surface area (Å²) in [6, 6.07) is 20.9. The molecule has 4 rings (SSSR count). The van der Waals surface area contributed by atoms with Crippen molar-refractivity contribution in [1.82, 2.24) is 5.32 Å². The minimum atomic E-state index is -1.85. The molecule has 42 heavy (non-hydrogen) atoms. The SMILES string of the molecule is Cc1ccc(NC(=O)N[C@@]2(C(C(N)=O)c3ccc(C)cc3)C(=O)N(CC(OC(C)C)OC(C)C)c3ccccc32)cc1. The number of aryl methyl sites for hydroxylation is 2. The molecule has 1 aliphatic rings. The highest BCUT2D eigenvalue weighted by atomic mass is 16.7. The number of hydrogen-bond donors (Lipinski definition) is 3. The van der Waals surface area contributed by atoms with E-state index in [4.69, 9.17) is 15.2 Å². The fourth-order valence-electron chi connectivity index (χ4n) is 5.37. The van der Waals surface area contributed by atoms with Gasteiger partial charge in [-0.15, -0.1) is 0 Å². The molecule has 1 aliphatic heterocycles. The molecule has 3 aromatic carbocycles. The molecule has 0 saturated carbocycles. The van der Waals surface area contributed by atoms with Crippen LogP contribution in [-0.2, 0) is 24.6 Å². The molecule has 4 N–H and O–H groups in total. The van der Waals surface area contributed by atoms with E-state index in [1.807, 2.05) is 65.8 Å². The quantitative estimate of drug-likeness (QED) is 0.276. The van der Waals surface area contributed by atoms with Crippen LogP contribution in [0, 0.1) is 13.8 Å². The molecule has 0 aliphatic carbocycles. The van der Waals surface area contributed by atoms with Crippen molar-refractivity contribution in [2.24, 2.45) is 5.73 Å². The third-order valence-electron chi connectivity index (χ3n) is 7.13. The number of para-hydroxylation sites is 1. The number of nitrogens with one attached hydrogen (secondary N) is 2.